The van der Waals surface area contributed by atoms with E-state index in [-0.39, 0.29) is 11.8 Å². The maximum absolute atomic E-state index is 12.8. The first-order chi connectivity index (χ1) is 12.1. The Hall–Kier alpha value is -1.95. The van der Waals surface area contributed by atoms with Gasteiger partial charge in [0, 0.05) is 31.9 Å². The smallest absolute Gasteiger partial charge is 0.248 e. The van der Waals surface area contributed by atoms with E-state index >= 15 is 0 Å². The van der Waals surface area contributed by atoms with Crippen molar-refractivity contribution in [2.24, 2.45) is 0 Å². The van der Waals surface area contributed by atoms with Crippen molar-refractivity contribution in [3.63, 3.8) is 0 Å². The zero-order valence-electron chi connectivity index (χ0n) is 15.0. The van der Waals surface area contributed by atoms with E-state index in [2.05, 4.69) is 17.2 Å². The second-order valence-corrected chi connectivity index (χ2v) is 6.61. The standard InChI is InChI=1S/C19H29N3O3/c1-2-3-4-5-8-16(23)21-17(19(25)22-13-6-7-14-22)18(24)15-9-11-20-12-10-15/h9-12,17-18,24H,2-8,13-14H2,1H3,(H,21,23). The lowest BCUT2D eigenvalue weighted by Gasteiger charge is -2.28. The Bertz CT molecular complexity index is 544. The number of pyridine rings is 1. The third kappa shape index (κ3) is 5.81. The number of carbonyl (C=O) groups is 2. The number of carbonyl (C=O) groups excluding carboxylic acids is 2. The quantitative estimate of drug-likeness (QED) is 0.671. The van der Waals surface area contributed by atoms with Crippen molar-refractivity contribution < 1.29 is 14.7 Å². The highest BCUT2D eigenvalue weighted by Gasteiger charge is 2.33. The van der Waals surface area contributed by atoms with Crippen LogP contribution in [0.3, 0.4) is 0 Å². The predicted molar refractivity (Wildman–Crippen MR) is 95.7 cm³/mol. The van der Waals surface area contributed by atoms with Crippen molar-refractivity contribution in [2.45, 2.75) is 64.0 Å². The van der Waals surface area contributed by atoms with Gasteiger partial charge in [0.25, 0.3) is 0 Å². The van der Waals surface area contributed by atoms with E-state index in [1.165, 1.54) is 0 Å². The third-order valence-electron chi connectivity index (χ3n) is 4.62. The molecule has 0 aliphatic carbocycles. The Morgan fingerprint density at radius 1 is 1.20 bits per heavy atom. The van der Waals surface area contributed by atoms with Crippen molar-refractivity contribution in [2.75, 3.05) is 13.1 Å². The molecule has 2 amide bonds. The SMILES string of the molecule is CCCCCCC(=O)NC(C(=O)N1CCCC1)C(O)c1ccncc1. The van der Waals surface area contributed by atoms with Crippen LogP contribution in [0.5, 0.6) is 0 Å². The molecule has 0 radical (unpaired) electrons. The zero-order chi connectivity index (χ0) is 18.1. The number of aliphatic hydroxyl groups is 1. The predicted octanol–water partition coefficient (Wildman–Crippen LogP) is 2.19. The molecular formula is C19H29N3O3. The van der Waals surface area contributed by atoms with Gasteiger partial charge in [-0.25, -0.2) is 0 Å². The van der Waals surface area contributed by atoms with Crippen LogP contribution in [0.1, 0.15) is 63.5 Å². The van der Waals surface area contributed by atoms with Crippen LogP contribution in [0.25, 0.3) is 0 Å². The number of aliphatic hydroxyl groups excluding tert-OH is 1. The molecule has 1 fully saturated rings. The number of hydrogen-bond donors (Lipinski definition) is 2. The van der Waals surface area contributed by atoms with Crippen LogP contribution < -0.4 is 5.32 Å². The van der Waals surface area contributed by atoms with Gasteiger partial charge in [0.2, 0.25) is 11.8 Å². The summed E-state index contributed by atoms with van der Waals surface area (Å²) in [7, 11) is 0. The van der Waals surface area contributed by atoms with Gasteiger partial charge in [-0.15, -0.1) is 0 Å². The largest absolute Gasteiger partial charge is 0.386 e. The number of nitrogens with one attached hydrogen (secondary N) is 1. The molecule has 0 saturated carbocycles. The van der Waals surface area contributed by atoms with Crippen LogP contribution in [-0.2, 0) is 9.59 Å². The van der Waals surface area contributed by atoms with Crippen molar-refractivity contribution in [1.29, 1.82) is 0 Å². The summed E-state index contributed by atoms with van der Waals surface area (Å²) in [5, 5.41) is 13.4. The normalized spacial score (nSPS) is 16.5. The first kappa shape index (κ1) is 19.4. The Morgan fingerprint density at radius 2 is 1.88 bits per heavy atom. The molecule has 25 heavy (non-hydrogen) atoms. The highest BCUT2D eigenvalue weighted by atomic mass is 16.3. The molecule has 2 heterocycles. The average molecular weight is 347 g/mol. The summed E-state index contributed by atoms with van der Waals surface area (Å²) >= 11 is 0. The molecule has 0 aromatic carbocycles. The number of hydrogen-bond acceptors (Lipinski definition) is 4. The molecule has 6 nitrogen and oxygen atoms in total. The number of nitrogens with zero attached hydrogens (tertiary/aromatic N) is 2. The van der Waals surface area contributed by atoms with Gasteiger partial charge in [0.05, 0.1) is 0 Å². The van der Waals surface area contributed by atoms with E-state index in [0.29, 0.717) is 25.1 Å². The average Bonchev–Trinajstić information content (AvgIpc) is 3.18. The van der Waals surface area contributed by atoms with Crippen molar-refractivity contribution in [3.05, 3.63) is 30.1 Å². The lowest BCUT2D eigenvalue weighted by molar-refractivity contribution is -0.139. The Kier molecular flexibility index (Phi) is 7.85. The summed E-state index contributed by atoms with van der Waals surface area (Å²) in [5.41, 5.74) is 0.582. The van der Waals surface area contributed by atoms with E-state index in [1.807, 2.05) is 0 Å². The molecule has 1 saturated heterocycles. The molecule has 6 heteroatoms. The second-order valence-electron chi connectivity index (χ2n) is 6.61. The summed E-state index contributed by atoms with van der Waals surface area (Å²) in [6.45, 7) is 3.49. The first-order valence-electron chi connectivity index (χ1n) is 9.29. The van der Waals surface area contributed by atoms with E-state index in [4.69, 9.17) is 0 Å². The summed E-state index contributed by atoms with van der Waals surface area (Å²) in [6.07, 6.45) is 8.40. The molecule has 1 aliphatic rings. The number of amides is 2. The van der Waals surface area contributed by atoms with Gasteiger partial charge in [-0.05, 0) is 37.0 Å². The number of unbranched alkanes of at least 4 members (excludes halogenated alkanes) is 3. The minimum absolute atomic E-state index is 0.179. The van der Waals surface area contributed by atoms with E-state index in [9.17, 15) is 14.7 Å². The van der Waals surface area contributed by atoms with Gasteiger partial charge in [0.1, 0.15) is 12.1 Å². The fourth-order valence-electron chi connectivity index (χ4n) is 3.12. The number of rotatable bonds is 9. The molecule has 0 spiro atoms. The van der Waals surface area contributed by atoms with Crippen molar-refractivity contribution in [3.8, 4) is 0 Å². The van der Waals surface area contributed by atoms with Crippen molar-refractivity contribution in [1.82, 2.24) is 15.2 Å². The molecular weight excluding hydrogens is 318 g/mol. The van der Waals surface area contributed by atoms with E-state index < -0.39 is 12.1 Å². The molecule has 2 N–H and O–H groups in total. The number of likely N-dealkylation sites (tertiary alicyclic amines) is 1. The Morgan fingerprint density at radius 3 is 2.52 bits per heavy atom. The highest BCUT2D eigenvalue weighted by molar-refractivity contribution is 5.88. The molecule has 2 atom stereocenters. The minimum atomic E-state index is -1.07. The fraction of sp³-hybridized carbons (Fsp3) is 0.632. The lowest BCUT2D eigenvalue weighted by atomic mass is 10.0. The lowest BCUT2D eigenvalue weighted by Crippen LogP contribution is -2.51. The third-order valence-corrected chi connectivity index (χ3v) is 4.62. The first-order valence-corrected chi connectivity index (χ1v) is 9.29. The van der Waals surface area contributed by atoms with Gasteiger partial charge < -0.3 is 15.3 Å². The van der Waals surface area contributed by atoms with E-state index in [1.54, 1.807) is 29.4 Å². The number of aromatic nitrogens is 1. The summed E-state index contributed by atoms with van der Waals surface area (Å²) in [6, 6.07) is 2.39. The topological polar surface area (TPSA) is 82.5 Å². The van der Waals surface area contributed by atoms with Crippen molar-refractivity contribution >= 4 is 11.8 Å². The molecule has 2 rings (SSSR count). The molecule has 0 bridgehead atoms. The Labute approximate surface area is 149 Å². The summed E-state index contributed by atoms with van der Waals surface area (Å²) in [5.74, 6) is -0.384. The van der Waals surface area contributed by atoms with Gasteiger partial charge in [-0.3, -0.25) is 14.6 Å². The summed E-state index contributed by atoms with van der Waals surface area (Å²) < 4.78 is 0. The molecule has 1 aromatic rings. The highest BCUT2D eigenvalue weighted by Crippen LogP contribution is 2.20. The second kappa shape index (κ2) is 10.1. The maximum atomic E-state index is 12.8. The monoisotopic (exact) mass is 347 g/mol. The van der Waals surface area contributed by atoms with Crippen LogP contribution in [-0.4, -0.2) is 45.9 Å². The van der Waals surface area contributed by atoms with Gasteiger partial charge in [0.15, 0.2) is 0 Å². The van der Waals surface area contributed by atoms with Gasteiger partial charge in [-0.1, -0.05) is 26.2 Å². The summed E-state index contributed by atoms with van der Waals surface area (Å²) in [4.78, 5) is 30.7. The molecule has 1 aromatic heterocycles. The zero-order valence-corrected chi connectivity index (χ0v) is 15.0. The van der Waals surface area contributed by atoms with E-state index in [0.717, 1.165) is 38.5 Å². The molecule has 2 unspecified atom stereocenters. The van der Waals surface area contributed by atoms with Crippen LogP contribution in [0, 0.1) is 0 Å². The van der Waals surface area contributed by atoms with Gasteiger partial charge >= 0.3 is 0 Å². The minimum Gasteiger partial charge on any atom is -0.386 e. The van der Waals surface area contributed by atoms with Crippen LogP contribution >= 0.6 is 0 Å². The molecule has 138 valence electrons. The van der Waals surface area contributed by atoms with Crippen LogP contribution in [0.2, 0.25) is 0 Å². The fourth-order valence-corrected chi connectivity index (χ4v) is 3.12. The molecule has 1 aliphatic heterocycles. The van der Waals surface area contributed by atoms with Crippen LogP contribution in [0.15, 0.2) is 24.5 Å². The van der Waals surface area contributed by atoms with Gasteiger partial charge in [-0.2, -0.15) is 0 Å². The van der Waals surface area contributed by atoms with Crippen LogP contribution in [0.4, 0.5) is 0 Å². The Balaban J connectivity index is 2.03. The maximum Gasteiger partial charge on any atom is 0.248 e.